The third-order valence-electron chi connectivity index (χ3n) is 17.3. The first kappa shape index (κ1) is 44.5. The Bertz CT molecular complexity index is 4450. The number of aryl methyl sites for hydroxylation is 1. The van der Waals surface area contributed by atoms with E-state index in [-0.39, 0.29) is 17.4 Å². The number of hydrogen-bond donors (Lipinski definition) is 0. The Kier molecular flexibility index (Phi) is 10.1. The number of rotatable bonds is 6. The van der Waals surface area contributed by atoms with Crippen LogP contribution in [-0.2, 0) is 6.18 Å². The molecule has 0 atom stereocenters. The number of nitrogens with zero attached hydrogens (tertiary/aromatic N) is 2. The number of benzene rings is 9. The fraction of sp³-hybridized carbons (Fsp3) is 0.206. The third-order valence-corrected chi connectivity index (χ3v) is 17.3. The molecule has 15 rings (SSSR count). The first-order valence-corrected chi connectivity index (χ1v) is 27.0. The van der Waals surface area contributed by atoms with E-state index in [1.54, 1.807) is 12.1 Å². The molecule has 2 fully saturated rings. The fourth-order valence-electron chi connectivity index (χ4n) is 14.1. The van der Waals surface area contributed by atoms with Gasteiger partial charge in [0.15, 0.2) is 0 Å². The lowest BCUT2D eigenvalue weighted by atomic mass is 9.71. The Morgan fingerprint density at radius 1 is 0.400 bits per heavy atom. The second-order valence-corrected chi connectivity index (χ2v) is 21.4. The number of para-hydroxylation sites is 4. The normalized spacial score (nSPS) is 15.4. The van der Waals surface area contributed by atoms with Crippen molar-refractivity contribution in [3.63, 3.8) is 0 Å². The van der Waals surface area contributed by atoms with E-state index in [1.807, 2.05) is 36.4 Å². The van der Waals surface area contributed by atoms with Crippen LogP contribution in [0.5, 0.6) is 0 Å². The van der Waals surface area contributed by atoms with Crippen LogP contribution in [0, 0.1) is 6.92 Å². The molecule has 0 bridgehead atoms. The van der Waals surface area contributed by atoms with E-state index in [0.717, 1.165) is 185 Å². The van der Waals surface area contributed by atoms with Crippen molar-refractivity contribution in [3.05, 3.63) is 192 Å². The quantitative estimate of drug-likeness (QED) is 0.166. The number of aromatic nitrogens is 2. The van der Waals surface area contributed by atoms with E-state index in [0.29, 0.717) is 5.56 Å². The Morgan fingerprint density at radius 2 is 0.827 bits per heavy atom. The molecule has 0 amide bonds. The van der Waals surface area contributed by atoms with Gasteiger partial charge in [0, 0.05) is 43.4 Å². The Morgan fingerprint density at radius 3 is 1.35 bits per heavy atom. The number of fused-ring (bicyclic) bond motifs is 14. The van der Waals surface area contributed by atoms with E-state index in [1.165, 1.54) is 11.6 Å². The average Bonchev–Trinajstić information content (AvgIpc) is 4.34. The predicted octanol–water partition coefficient (Wildman–Crippen LogP) is 20.4. The maximum Gasteiger partial charge on any atom is 0.417 e. The SMILES string of the molecule is Cc1ccccc1-c1c(C2CCCCC2)c(-n2c3ccccc3c3c4oc5ccccc5c4ccc32)c(C2CCCCC2)c(-c2ccccc2C(F)(F)F)c1-n1c2ccccc2c2c3oc4ccccc4c3ccc21. The molecule has 4 heterocycles. The highest BCUT2D eigenvalue weighted by Crippen LogP contribution is 2.58. The molecular weight excluding hydrogens is 934 g/mol. The molecule has 7 heteroatoms. The van der Waals surface area contributed by atoms with Crippen LogP contribution < -0.4 is 0 Å². The monoisotopic (exact) mass is 986 g/mol. The molecule has 2 aliphatic carbocycles. The van der Waals surface area contributed by atoms with Gasteiger partial charge in [-0.2, -0.15) is 13.2 Å². The van der Waals surface area contributed by atoms with E-state index in [2.05, 4.69) is 131 Å². The summed E-state index contributed by atoms with van der Waals surface area (Å²) in [6, 6.07) is 57.3. The largest absolute Gasteiger partial charge is 0.455 e. The second kappa shape index (κ2) is 17.0. The van der Waals surface area contributed by atoms with Crippen molar-refractivity contribution in [2.45, 2.75) is 89.1 Å². The molecule has 0 unspecified atom stereocenters. The molecule has 0 radical (unpaired) electrons. The Labute approximate surface area is 431 Å². The minimum atomic E-state index is -4.66. The molecule has 0 aliphatic heterocycles. The van der Waals surface area contributed by atoms with Gasteiger partial charge >= 0.3 is 6.18 Å². The molecule has 9 aromatic carbocycles. The molecule has 4 aromatic heterocycles. The van der Waals surface area contributed by atoms with E-state index >= 15 is 13.2 Å². The number of furan rings is 2. The van der Waals surface area contributed by atoms with Crippen LogP contribution >= 0.6 is 0 Å². The van der Waals surface area contributed by atoms with E-state index in [4.69, 9.17) is 8.83 Å². The summed E-state index contributed by atoms with van der Waals surface area (Å²) in [7, 11) is 0. The number of halogens is 3. The maximum atomic E-state index is 16.4. The van der Waals surface area contributed by atoms with Crippen molar-refractivity contribution >= 4 is 87.5 Å². The molecular formula is C68H53F3N2O2. The first-order valence-electron chi connectivity index (χ1n) is 27.0. The highest BCUT2D eigenvalue weighted by molar-refractivity contribution is 6.26. The lowest BCUT2D eigenvalue weighted by molar-refractivity contribution is -0.137. The zero-order valence-corrected chi connectivity index (χ0v) is 41.7. The summed E-state index contributed by atoms with van der Waals surface area (Å²) in [5, 5.41) is 8.14. The molecule has 75 heavy (non-hydrogen) atoms. The summed E-state index contributed by atoms with van der Waals surface area (Å²) in [6.07, 6.45) is 5.33. The Balaban J connectivity index is 1.24. The average molecular weight is 987 g/mol. The van der Waals surface area contributed by atoms with Crippen LogP contribution in [0.15, 0.2) is 179 Å². The zero-order chi connectivity index (χ0) is 50.1. The smallest absolute Gasteiger partial charge is 0.417 e. The summed E-state index contributed by atoms with van der Waals surface area (Å²) >= 11 is 0. The minimum Gasteiger partial charge on any atom is -0.455 e. The highest BCUT2D eigenvalue weighted by atomic mass is 19.4. The molecule has 368 valence electrons. The summed E-state index contributed by atoms with van der Waals surface area (Å²) in [5.41, 5.74) is 14.4. The molecule has 0 spiro atoms. The Hall–Kier alpha value is -8.03. The van der Waals surface area contributed by atoms with Crippen LogP contribution in [0.2, 0.25) is 0 Å². The van der Waals surface area contributed by atoms with E-state index < -0.39 is 11.7 Å². The van der Waals surface area contributed by atoms with Gasteiger partial charge in [0.1, 0.15) is 22.3 Å². The first-order chi connectivity index (χ1) is 36.8. The predicted molar refractivity (Wildman–Crippen MR) is 302 cm³/mol. The third kappa shape index (κ3) is 6.62. The molecule has 2 saturated carbocycles. The molecule has 2 aliphatic rings. The summed E-state index contributed by atoms with van der Waals surface area (Å²) in [5.74, 6) is 0.0380. The van der Waals surface area contributed by atoms with Gasteiger partial charge in [-0.1, -0.05) is 154 Å². The summed E-state index contributed by atoms with van der Waals surface area (Å²) in [6.45, 7) is 2.17. The van der Waals surface area contributed by atoms with Gasteiger partial charge in [-0.15, -0.1) is 0 Å². The van der Waals surface area contributed by atoms with Gasteiger partial charge < -0.3 is 18.0 Å². The lowest BCUT2D eigenvalue weighted by Gasteiger charge is -2.37. The topological polar surface area (TPSA) is 36.1 Å². The van der Waals surface area contributed by atoms with Crippen molar-refractivity contribution in [1.82, 2.24) is 9.13 Å². The van der Waals surface area contributed by atoms with Gasteiger partial charge in [0.2, 0.25) is 0 Å². The molecule has 4 nitrogen and oxygen atoms in total. The minimum absolute atomic E-state index is 0.0571. The van der Waals surface area contributed by atoms with Gasteiger partial charge in [0.05, 0.1) is 49.8 Å². The maximum absolute atomic E-state index is 16.4. The van der Waals surface area contributed by atoms with Crippen molar-refractivity contribution in [2.24, 2.45) is 0 Å². The summed E-state index contributed by atoms with van der Waals surface area (Å²) in [4.78, 5) is 0. The fourth-order valence-corrected chi connectivity index (χ4v) is 14.1. The van der Waals surface area contributed by atoms with Crippen LogP contribution in [0.3, 0.4) is 0 Å². The molecule has 0 N–H and O–H groups in total. The van der Waals surface area contributed by atoms with Gasteiger partial charge in [-0.05, 0) is 127 Å². The van der Waals surface area contributed by atoms with Crippen molar-refractivity contribution < 1.29 is 22.0 Å². The van der Waals surface area contributed by atoms with Crippen molar-refractivity contribution in [3.8, 4) is 33.6 Å². The van der Waals surface area contributed by atoms with Crippen LogP contribution in [0.25, 0.3) is 121 Å². The highest BCUT2D eigenvalue weighted by Gasteiger charge is 2.41. The van der Waals surface area contributed by atoms with Crippen LogP contribution in [0.4, 0.5) is 13.2 Å². The van der Waals surface area contributed by atoms with Crippen LogP contribution in [-0.4, -0.2) is 9.13 Å². The lowest BCUT2D eigenvalue weighted by Crippen LogP contribution is -2.20. The van der Waals surface area contributed by atoms with E-state index in [9.17, 15) is 0 Å². The van der Waals surface area contributed by atoms with Gasteiger partial charge in [-0.3, -0.25) is 0 Å². The van der Waals surface area contributed by atoms with Gasteiger partial charge in [0.25, 0.3) is 0 Å². The van der Waals surface area contributed by atoms with Crippen molar-refractivity contribution in [2.75, 3.05) is 0 Å². The molecule has 0 saturated heterocycles. The van der Waals surface area contributed by atoms with Crippen LogP contribution in [0.1, 0.15) is 98.3 Å². The second-order valence-electron chi connectivity index (χ2n) is 21.4. The number of alkyl halides is 3. The summed E-state index contributed by atoms with van der Waals surface area (Å²) < 4.78 is 67.9. The standard InChI is InChI=1S/C68H53F3N2O2/c1-40-20-8-9-25-43(40)62-58(41-21-4-2-5-22-41)64(72-52-32-16-11-29-49(52)60-54(72)38-36-46-44-26-13-18-34-56(44)74-66(46)60)59(42-23-6-3-7-24-42)63(48-28-10-15-31-51(48)68(69,70)71)65(62)73-53-33-17-12-30-50(53)61-55(73)39-37-47-45-27-14-19-35-57(45)75-67(47)61/h8-20,25-39,41-42H,2-7,21-24H2,1H3. The zero-order valence-electron chi connectivity index (χ0n) is 41.7. The molecule has 13 aromatic rings. The number of hydrogen-bond acceptors (Lipinski definition) is 2. The van der Waals surface area contributed by atoms with Gasteiger partial charge in [-0.25, -0.2) is 0 Å². The van der Waals surface area contributed by atoms with Crippen molar-refractivity contribution in [1.29, 1.82) is 0 Å².